The summed E-state index contributed by atoms with van der Waals surface area (Å²) in [5, 5.41) is 4.82. The highest BCUT2D eigenvalue weighted by Gasteiger charge is 2.18. The third-order valence-electron chi connectivity index (χ3n) is 3.63. The summed E-state index contributed by atoms with van der Waals surface area (Å²) >= 11 is 1.42. The minimum Gasteiger partial charge on any atom is -0.341 e. The molecule has 3 heterocycles. The number of carbonyl (C=O) groups excluding carboxylic acids is 1. The van der Waals surface area contributed by atoms with Gasteiger partial charge in [0.25, 0.3) is 5.91 Å². The fourth-order valence-electron chi connectivity index (χ4n) is 2.52. The van der Waals surface area contributed by atoms with Gasteiger partial charge in [0.15, 0.2) is 0 Å². The quantitative estimate of drug-likeness (QED) is 0.947. The molecule has 3 rings (SSSR count). The molecule has 0 spiro atoms. The molecule has 1 fully saturated rings. The molecule has 0 unspecified atom stereocenters. The maximum Gasteiger partial charge on any atom is 0.265 e. The maximum atomic E-state index is 12.2. The molecule has 0 aromatic carbocycles. The van der Waals surface area contributed by atoms with Gasteiger partial charge in [-0.1, -0.05) is 6.07 Å². The molecule has 1 saturated heterocycles. The highest BCUT2D eigenvalue weighted by atomic mass is 32.1. The number of aryl methyl sites for hydroxylation is 2. The molecule has 1 aliphatic rings. The van der Waals surface area contributed by atoms with E-state index in [1.165, 1.54) is 24.2 Å². The average Bonchev–Trinajstić information content (AvgIpc) is 3.14. The molecule has 1 N–H and O–H groups in total. The van der Waals surface area contributed by atoms with E-state index in [0.29, 0.717) is 4.88 Å². The predicted molar refractivity (Wildman–Crippen MR) is 85.2 cm³/mol. The van der Waals surface area contributed by atoms with Crippen LogP contribution in [0.15, 0.2) is 17.5 Å². The van der Waals surface area contributed by atoms with Gasteiger partial charge in [-0.3, -0.25) is 4.79 Å². The topological polar surface area (TPSA) is 58.1 Å². The Morgan fingerprint density at radius 1 is 1.24 bits per heavy atom. The zero-order valence-electron chi connectivity index (χ0n) is 12.2. The van der Waals surface area contributed by atoms with Crippen LogP contribution in [0.25, 0.3) is 0 Å². The molecule has 21 heavy (non-hydrogen) atoms. The molecule has 1 amide bonds. The van der Waals surface area contributed by atoms with Crippen molar-refractivity contribution in [1.29, 1.82) is 0 Å². The van der Waals surface area contributed by atoms with Crippen LogP contribution in [0.2, 0.25) is 0 Å². The van der Waals surface area contributed by atoms with Crippen molar-refractivity contribution in [2.45, 2.75) is 26.7 Å². The summed E-state index contributed by atoms with van der Waals surface area (Å²) in [6, 6.07) is 3.68. The molecule has 0 aliphatic carbocycles. The summed E-state index contributed by atoms with van der Waals surface area (Å²) in [5.74, 6) is 0.672. The lowest BCUT2D eigenvalue weighted by molar-refractivity contribution is 0.103. The van der Waals surface area contributed by atoms with Gasteiger partial charge in [0.1, 0.15) is 0 Å². The summed E-state index contributed by atoms with van der Waals surface area (Å²) in [6.45, 7) is 5.86. The van der Waals surface area contributed by atoms with E-state index < -0.39 is 0 Å². The Bertz CT molecular complexity index is 625. The van der Waals surface area contributed by atoms with Crippen LogP contribution in [0, 0.1) is 13.8 Å². The maximum absolute atomic E-state index is 12.2. The number of thiophene rings is 1. The fourth-order valence-corrected chi connectivity index (χ4v) is 3.14. The second-order valence-corrected chi connectivity index (χ2v) is 6.14. The summed E-state index contributed by atoms with van der Waals surface area (Å²) in [5.41, 5.74) is 2.35. The second-order valence-electron chi connectivity index (χ2n) is 5.20. The van der Waals surface area contributed by atoms with Gasteiger partial charge in [-0.2, -0.15) is 0 Å². The number of carbonyl (C=O) groups is 1. The van der Waals surface area contributed by atoms with Crippen LogP contribution in [0.3, 0.4) is 0 Å². The zero-order chi connectivity index (χ0) is 14.8. The van der Waals surface area contributed by atoms with Gasteiger partial charge in [-0.15, -0.1) is 11.3 Å². The van der Waals surface area contributed by atoms with E-state index in [2.05, 4.69) is 20.2 Å². The number of anilines is 2. The predicted octanol–water partition coefficient (Wildman–Crippen LogP) is 3.01. The smallest absolute Gasteiger partial charge is 0.265 e. The number of hydrogen-bond donors (Lipinski definition) is 1. The third kappa shape index (κ3) is 2.90. The lowest BCUT2D eigenvalue weighted by atomic mass is 10.2. The van der Waals surface area contributed by atoms with Crippen molar-refractivity contribution in [2.75, 3.05) is 23.3 Å². The first kappa shape index (κ1) is 14.0. The molecular weight excluding hydrogens is 284 g/mol. The fraction of sp³-hybridized carbons (Fsp3) is 0.400. The van der Waals surface area contributed by atoms with Crippen LogP contribution in [-0.4, -0.2) is 29.0 Å². The standard InChI is InChI=1S/C15H18N4OS/c1-10-13(18-14(20)12-6-5-9-21-12)11(2)17-15(16-10)19-7-3-4-8-19/h5-6,9H,3-4,7-8H2,1-2H3,(H,18,20). The molecule has 110 valence electrons. The normalized spacial score (nSPS) is 14.5. The molecule has 2 aromatic rings. The number of nitrogens with zero attached hydrogens (tertiary/aromatic N) is 3. The summed E-state index contributed by atoms with van der Waals surface area (Å²) < 4.78 is 0. The van der Waals surface area contributed by atoms with E-state index in [9.17, 15) is 4.79 Å². The van der Waals surface area contributed by atoms with E-state index >= 15 is 0 Å². The van der Waals surface area contributed by atoms with E-state index in [4.69, 9.17) is 0 Å². The van der Waals surface area contributed by atoms with Crippen molar-refractivity contribution in [3.63, 3.8) is 0 Å². The Morgan fingerprint density at radius 3 is 2.48 bits per heavy atom. The number of aromatic nitrogens is 2. The van der Waals surface area contributed by atoms with Gasteiger partial charge in [0.05, 0.1) is 22.0 Å². The Balaban J connectivity index is 1.84. The van der Waals surface area contributed by atoms with E-state index in [0.717, 1.165) is 36.1 Å². The van der Waals surface area contributed by atoms with Crippen molar-refractivity contribution in [3.8, 4) is 0 Å². The van der Waals surface area contributed by atoms with Crippen LogP contribution >= 0.6 is 11.3 Å². The zero-order valence-corrected chi connectivity index (χ0v) is 13.0. The summed E-state index contributed by atoms with van der Waals surface area (Å²) in [6.07, 6.45) is 2.39. The van der Waals surface area contributed by atoms with E-state index in [1.54, 1.807) is 0 Å². The van der Waals surface area contributed by atoms with E-state index in [1.807, 2.05) is 31.4 Å². The van der Waals surface area contributed by atoms with Gasteiger partial charge in [0.2, 0.25) is 5.95 Å². The van der Waals surface area contributed by atoms with Crippen LogP contribution in [0.1, 0.15) is 33.9 Å². The minimum absolute atomic E-state index is 0.103. The van der Waals surface area contributed by atoms with Gasteiger partial charge in [0, 0.05) is 13.1 Å². The number of rotatable bonds is 3. The molecular formula is C15H18N4OS. The molecule has 0 saturated carbocycles. The Kier molecular flexibility index (Phi) is 3.88. The van der Waals surface area contributed by atoms with Crippen LogP contribution in [0.5, 0.6) is 0 Å². The molecule has 2 aromatic heterocycles. The number of amides is 1. The van der Waals surface area contributed by atoms with E-state index in [-0.39, 0.29) is 5.91 Å². The van der Waals surface area contributed by atoms with Crippen molar-refractivity contribution < 1.29 is 4.79 Å². The Labute approximate surface area is 128 Å². The number of hydrogen-bond acceptors (Lipinski definition) is 5. The third-order valence-corrected chi connectivity index (χ3v) is 4.50. The van der Waals surface area contributed by atoms with Gasteiger partial charge in [-0.05, 0) is 38.1 Å². The van der Waals surface area contributed by atoms with Crippen LogP contribution in [-0.2, 0) is 0 Å². The largest absolute Gasteiger partial charge is 0.341 e. The summed E-state index contributed by atoms with van der Waals surface area (Å²) in [4.78, 5) is 24.2. The molecule has 0 bridgehead atoms. The van der Waals surface area contributed by atoms with Crippen molar-refractivity contribution >= 4 is 28.9 Å². The second kappa shape index (κ2) is 5.81. The lowest BCUT2D eigenvalue weighted by Gasteiger charge is -2.18. The Hall–Kier alpha value is -1.95. The first-order chi connectivity index (χ1) is 10.1. The van der Waals surface area contributed by atoms with Crippen molar-refractivity contribution in [1.82, 2.24) is 9.97 Å². The molecule has 5 nitrogen and oxygen atoms in total. The Morgan fingerprint density at radius 2 is 1.90 bits per heavy atom. The van der Waals surface area contributed by atoms with Gasteiger partial charge < -0.3 is 10.2 Å². The average molecular weight is 302 g/mol. The molecule has 1 aliphatic heterocycles. The van der Waals surface area contributed by atoms with Crippen LogP contribution < -0.4 is 10.2 Å². The first-order valence-corrected chi connectivity index (χ1v) is 7.98. The highest BCUT2D eigenvalue weighted by molar-refractivity contribution is 7.12. The summed E-state index contributed by atoms with van der Waals surface area (Å²) in [7, 11) is 0. The molecule has 6 heteroatoms. The SMILES string of the molecule is Cc1nc(N2CCCC2)nc(C)c1NC(=O)c1cccs1. The number of nitrogens with one attached hydrogen (secondary N) is 1. The van der Waals surface area contributed by atoms with Gasteiger partial charge >= 0.3 is 0 Å². The van der Waals surface area contributed by atoms with Crippen molar-refractivity contribution in [2.24, 2.45) is 0 Å². The van der Waals surface area contributed by atoms with Crippen LogP contribution in [0.4, 0.5) is 11.6 Å². The molecule has 0 radical (unpaired) electrons. The monoisotopic (exact) mass is 302 g/mol. The lowest BCUT2D eigenvalue weighted by Crippen LogP contribution is -2.22. The van der Waals surface area contributed by atoms with Gasteiger partial charge in [-0.25, -0.2) is 9.97 Å². The first-order valence-electron chi connectivity index (χ1n) is 7.10. The molecule has 0 atom stereocenters. The minimum atomic E-state index is -0.103. The highest BCUT2D eigenvalue weighted by Crippen LogP contribution is 2.23. The van der Waals surface area contributed by atoms with Crippen molar-refractivity contribution in [3.05, 3.63) is 33.8 Å².